The van der Waals surface area contributed by atoms with Crippen LogP contribution >= 0.6 is 0 Å². The summed E-state index contributed by atoms with van der Waals surface area (Å²) in [5.74, 6) is -0.179. The van der Waals surface area contributed by atoms with Crippen molar-refractivity contribution < 1.29 is 14.6 Å². The molecule has 0 saturated heterocycles. The van der Waals surface area contributed by atoms with E-state index in [2.05, 4.69) is 44.2 Å². The third-order valence-electron chi connectivity index (χ3n) is 5.23. The molecule has 2 aromatic rings. The van der Waals surface area contributed by atoms with E-state index in [1.807, 2.05) is 12.1 Å². The Balaban J connectivity index is 2.16. The predicted octanol–water partition coefficient (Wildman–Crippen LogP) is 5.65. The van der Waals surface area contributed by atoms with E-state index in [0.29, 0.717) is 5.57 Å². The van der Waals surface area contributed by atoms with Gasteiger partial charge in [0.1, 0.15) is 17.0 Å². The lowest BCUT2D eigenvalue weighted by Gasteiger charge is -2.40. The topological polar surface area (TPSA) is 46.5 Å². The highest BCUT2D eigenvalue weighted by Gasteiger charge is 2.47. The summed E-state index contributed by atoms with van der Waals surface area (Å²) < 4.78 is 5.86. The van der Waals surface area contributed by atoms with Gasteiger partial charge in [-0.2, -0.15) is 0 Å². The standard InChI is InChI=1S/C24H28O3/c1-7-16-14-18(17-10-8-15(2)9-11-17)12-13-19(16)20-21(25)23(3,4)27-24(5,6)22(20)26/h8-14,25H,7H2,1-6H3. The van der Waals surface area contributed by atoms with Crippen LogP contribution in [-0.4, -0.2) is 22.1 Å². The van der Waals surface area contributed by atoms with Crippen LogP contribution in [0.3, 0.4) is 0 Å². The Kier molecular flexibility index (Phi) is 4.77. The Morgan fingerprint density at radius 2 is 1.52 bits per heavy atom. The largest absolute Gasteiger partial charge is 0.508 e. The molecule has 0 atom stereocenters. The van der Waals surface area contributed by atoms with E-state index in [4.69, 9.17) is 4.74 Å². The van der Waals surface area contributed by atoms with Gasteiger partial charge in [-0.25, -0.2) is 0 Å². The number of carbonyl (C=O) groups excluding carboxylic acids is 1. The zero-order chi connectivity index (χ0) is 20.0. The van der Waals surface area contributed by atoms with E-state index >= 15 is 0 Å². The van der Waals surface area contributed by atoms with E-state index in [1.165, 1.54) is 5.56 Å². The SMILES string of the molecule is CCc1cc(-c2ccc(C)cc2)ccc1C1=C(O)C(C)(C)OC(C)(C)C1=O. The number of hydrogen-bond donors (Lipinski definition) is 1. The molecule has 1 N–H and O–H groups in total. The second-order valence-electron chi connectivity index (χ2n) is 8.27. The fourth-order valence-corrected chi connectivity index (χ4v) is 3.75. The Labute approximate surface area is 161 Å². The second kappa shape index (κ2) is 6.65. The quantitative estimate of drug-likeness (QED) is 0.765. The Hall–Kier alpha value is -2.39. The summed E-state index contributed by atoms with van der Waals surface area (Å²) in [6.07, 6.45) is 0.765. The number of aliphatic hydroxyl groups excluding tert-OH is 1. The smallest absolute Gasteiger partial charge is 0.198 e. The molecule has 3 rings (SSSR count). The van der Waals surface area contributed by atoms with Crippen LogP contribution < -0.4 is 0 Å². The average Bonchev–Trinajstić information content (AvgIpc) is 2.60. The van der Waals surface area contributed by atoms with Crippen LogP contribution in [0.1, 0.15) is 51.3 Å². The Morgan fingerprint density at radius 3 is 2.11 bits per heavy atom. The van der Waals surface area contributed by atoms with Gasteiger partial charge < -0.3 is 9.84 Å². The first kappa shape index (κ1) is 19.4. The van der Waals surface area contributed by atoms with Crippen LogP contribution in [0.25, 0.3) is 16.7 Å². The minimum absolute atomic E-state index is 0.00427. The molecule has 27 heavy (non-hydrogen) atoms. The van der Waals surface area contributed by atoms with Crippen LogP contribution in [0.15, 0.2) is 48.2 Å². The van der Waals surface area contributed by atoms with Crippen molar-refractivity contribution >= 4 is 11.4 Å². The van der Waals surface area contributed by atoms with E-state index in [1.54, 1.807) is 27.7 Å². The normalized spacial score (nSPS) is 18.7. The molecule has 0 amide bonds. The molecule has 3 heteroatoms. The van der Waals surface area contributed by atoms with Gasteiger partial charge >= 0.3 is 0 Å². The van der Waals surface area contributed by atoms with Crippen molar-refractivity contribution in [3.05, 3.63) is 64.9 Å². The van der Waals surface area contributed by atoms with E-state index < -0.39 is 11.2 Å². The predicted molar refractivity (Wildman–Crippen MR) is 110 cm³/mol. The van der Waals surface area contributed by atoms with Crippen LogP contribution in [-0.2, 0) is 16.0 Å². The van der Waals surface area contributed by atoms with Gasteiger partial charge in [0.15, 0.2) is 5.78 Å². The summed E-state index contributed by atoms with van der Waals surface area (Å²) in [6.45, 7) is 11.2. The summed E-state index contributed by atoms with van der Waals surface area (Å²) in [6, 6.07) is 14.5. The molecule has 0 aliphatic carbocycles. The highest BCUT2D eigenvalue weighted by Crippen LogP contribution is 2.41. The lowest BCUT2D eigenvalue weighted by Crippen LogP contribution is -2.49. The van der Waals surface area contributed by atoms with Crippen LogP contribution in [0.2, 0.25) is 0 Å². The fourth-order valence-electron chi connectivity index (χ4n) is 3.75. The molecule has 1 aliphatic heterocycles. The zero-order valence-corrected chi connectivity index (χ0v) is 17.0. The monoisotopic (exact) mass is 364 g/mol. The van der Waals surface area contributed by atoms with Crippen molar-refractivity contribution in [3.8, 4) is 11.1 Å². The van der Waals surface area contributed by atoms with E-state index in [0.717, 1.165) is 28.7 Å². The van der Waals surface area contributed by atoms with E-state index in [9.17, 15) is 9.90 Å². The molecule has 0 bridgehead atoms. The molecule has 0 spiro atoms. The molecule has 0 aromatic heterocycles. The maximum atomic E-state index is 13.1. The number of hydrogen-bond acceptors (Lipinski definition) is 3. The van der Waals surface area contributed by atoms with Crippen LogP contribution in [0.5, 0.6) is 0 Å². The molecule has 0 saturated carbocycles. The number of rotatable bonds is 3. The molecule has 3 nitrogen and oxygen atoms in total. The number of Topliss-reactive ketones (excluding diaryl/α,β-unsaturated/α-hetero) is 1. The number of ketones is 1. The third kappa shape index (κ3) is 3.44. The molecular weight excluding hydrogens is 336 g/mol. The van der Waals surface area contributed by atoms with Crippen molar-refractivity contribution in [1.82, 2.24) is 0 Å². The Bertz CT molecular complexity index is 915. The first-order valence-electron chi connectivity index (χ1n) is 9.46. The van der Waals surface area contributed by atoms with Crippen molar-refractivity contribution in [2.45, 2.75) is 59.2 Å². The van der Waals surface area contributed by atoms with Gasteiger partial charge in [-0.1, -0.05) is 55.0 Å². The highest BCUT2D eigenvalue weighted by atomic mass is 16.5. The molecular formula is C24H28O3. The van der Waals surface area contributed by atoms with Gasteiger partial charge in [0.25, 0.3) is 0 Å². The summed E-state index contributed by atoms with van der Waals surface area (Å²) in [7, 11) is 0. The summed E-state index contributed by atoms with van der Waals surface area (Å²) in [5, 5.41) is 10.8. The molecule has 1 aliphatic rings. The molecule has 142 valence electrons. The molecule has 0 fully saturated rings. The second-order valence-corrected chi connectivity index (χ2v) is 8.27. The number of aryl methyl sites for hydroxylation is 2. The number of benzene rings is 2. The number of aliphatic hydroxyl groups is 1. The molecule has 1 heterocycles. The fraction of sp³-hybridized carbons (Fsp3) is 0.375. The van der Waals surface area contributed by atoms with Gasteiger partial charge in [-0.15, -0.1) is 0 Å². The Morgan fingerprint density at radius 1 is 0.926 bits per heavy atom. The summed E-state index contributed by atoms with van der Waals surface area (Å²) >= 11 is 0. The summed E-state index contributed by atoms with van der Waals surface area (Å²) in [5.41, 5.74) is 3.78. The van der Waals surface area contributed by atoms with E-state index in [-0.39, 0.29) is 11.5 Å². The van der Waals surface area contributed by atoms with Crippen molar-refractivity contribution in [2.24, 2.45) is 0 Å². The van der Waals surface area contributed by atoms with Crippen molar-refractivity contribution in [1.29, 1.82) is 0 Å². The lowest BCUT2D eigenvalue weighted by molar-refractivity contribution is -0.158. The summed E-state index contributed by atoms with van der Waals surface area (Å²) in [4.78, 5) is 13.1. The average molecular weight is 364 g/mol. The highest BCUT2D eigenvalue weighted by molar-refractivity contribution is 6.26. The maximum absolute atomic E-state index is 13.1. The van der Waals surface area contributed by atoms with Crippen LogP contribution in [0, 0.1) is 6.92 Å². The molecule has 0 radical (unpaired) electrons. The number of carbonyl (C=O) groups is 1. The third-order valence-corrected chi connectivity index (χ3v) is 5.23. The van der Waals surface area contributed by atoms with Crippen molar-refractivity contribution in [2.75, 3.05) is 0 Å². The maximum Gasteiger partial charge on any atom is 0.198 e. The minimum Gasteiger partial charge on any atom is -0.508 e. The van der Waals surface area contributed by atoms with Gasteiger partial charge in [0, 0.05) is 0 Å². The first-order valence-corrected chi connectivity index (χ1v) is 9.46. The van der Waals surface area contributed by atoms with Crippen LogP contribution in [0.4, 0.5) is 0 Å². The molecule has 2 aromatic carbocycles. The minimum atomic E-state index is -0.980. The van der Waals surface area contributed by atoms with Gasteiger partial charge in [-0.05, 0) is 63.3 Å². The lowest BCUT2D eigenvalue weighted by atomic mass is 9.81. The van der Waals surface area contributed by atoms with Gasteiger partial charge in [0.2, 0.25) is 0 Å². The van der Waals surface area contributed by atoms with Gasteiger partial charge in [0.05, 0.1) is 5.57 Å². The molecule has 0 unspecified atom stereocenters. The van der Waals surface area contributed by atoms with Crippen molar-refractivity contribution in [3.63, 3.8) is 0 Å². The first-order chi connectivity index (χ1) is 12.6. The number of ether oxygens (including phenoxy) is 1. The van der Waals surface area contributed by atoms with Gasteiger partial charge in [-0.3, -0.25) is 4.79 Å². The zero-order valence-electron chi connectivity index (χ0n) is 17.0.